The first-order chi connectivity index (χ1) is 25.9. The molecular formula is C43H52N4O7. The van der Waals surface area contributed by atoms with Crippen molar-refractivity contribution in [2.24, 2.45) is 17.6 Å². The third kappa shape index (κ3) is 10.9. The molecule has 3 aromatic carbocycles. The van der Waals surface area contributed by atoms with Gasteiger partial charge in [-0.05, 0) is 85.7 Å². The summed E-state index contributed by atoms with van der Waals surface area (Å²) in [5.74, 6) is -4.39. The highest BCUT2D eigenvalue weighted by Gasteiger charge is 2.32. The van der Waals surface area contributed by atoms with E-state index in [2.05, 4.69) is 17.6 Å². The molecule has 0 unspecified atom stereocenters. The van der Waals surface area contributed by atoms with Gasteiger partial charge in [0.15, 0.2) is 17.3 Å². The Bertz CT molecular complexity index is 1900. The second kappa shape index (κ2) is 19.7. The molecule has 2 amide bonds. The first-order valence-electron chi connectivity index (χ1n) is 18.9. The Morgan fingerprint density at radius 1 is 0.981 bits per heavy atom. The lowest BCUT2D eigenvalue weighted by molar-refractivity contribution is -0.134. The van der Waals surface area contributed by atoms with Gasteiger partial charge in [-0.25, -0.2) is 0 Å². The molecule has 0 saturated carbocycles. The van der Waals surface area contributed by atoms with Gasteiger partial charge in [-0.3, -0.25) is 24.0 Å². The maximum Gasteiger partial charge on any atom is 0.224 e. The molecule has 11 nitrogen and oxygen atoms in total. The molecule has 4 atom stereocenters. The fraction of sp³-hybridized carbons (Fsp3) is 0.442. The minimum absolute atomic E-state index is 0.0378. The number of Topliss-reactive ketones (excluding diaryl/α,β-unsaturated/α-hetero) is 3. The highest BCUT2D eigenvalue weighted by Crippen LogP contribution is 2.38. The molecule has 4 bridgehead atoms. The van der Waals surface area contributed by atoms with Crippen LogP contribution in [-0.4, -0.2) is 52.0 Å². The van der Waals surface area contributed by atoms with Gasteiger partial charge in [0.25, 0.3) is 0 Å². The Morgan fingerprint density at radius 2 is 1.70 bits per heavy atom. The average Bonchev–Trinajstić information content (AvgIpc) is 3.14. The van der Waals surface area contributed by atoms with Gasteiger partial charge < -0.3 is 26.6 Å². The smallest absolute Gasteiger partial charge is 0.224 e. The summed E-state index contributed by atoms with van der Waals surface area (Å²) < 4.78 is 0. The molecule has 0 radical (unpaired) electrons. The molecule has 1 aliphatic rings. The molecule has 0 fully saturated rings. The van der Waals surface area contributed by atoms with Crippen LogP contribution in [0.4, 0.5) is 0 Å². The van der Waals surface area contributed by atoms with E-state index in [1.165, 1.54) is 30.7 Å². The summed E-state index contributed by atoms with van der Waals surface area (Å²) in [4.78, 5) is 68.3. The molecule has 4 rings (SSSR count). The van der Waals surface area contributed by atoms with Gasteiger partial charge in [-0.1, -0.05) is 63.4 Å². The minimum Gasteiger partial charge on any atom is -0.507 e. The number of ketones is 3. The Labute approximate surface area is 317 Å². The molecule has 0 aromatic heterocycles. The predicted octanol–water partition coefficient (Wildman–Crippen LogP) is 6.10. The van der Waals surface area contributed by atoms with Crippen molar-refractivity contribution in [2.75, 3.05) is 6.54 Å². The number of fused-ring (bicyclic) bond motifs is 5. The summed E-state index contributed by atoms with van der Waals surface area (Å²) >= 11 is 0. The number of aryl methyl sites for hydroxylation is 2. The number of phenolic OH excluding ortho intramolecular Hbond substituents is 2. The summed E-state index contributed by atoms with van der Waals surface area (Å²) in [6.45, 7) is 5.71. The molecule has 3 aromatic rings. The molecule has 0 spiro atoms. The van der Waals surface area contributed by atoms with Crippen LogP contribution in [0.3, 0.4) is 0 Å². The van der Waals surface area contributed by atoms with Crippen molar-refractivity contribution in [3.05, 3.63) is 82.4 Å². The standard InChI is InChI=1S/C43H52N4O7/c1-4-5-6-7-9-28-11-14-32(26(2)20-28)39(51)25-31(17-19-45)43(54)47-41-30-13-16-37(49)34(24-30)33-22-29(12-15-36(33)48)23-35(38(50)10-8-18-44)46-42(53)27(3)21-40(41)52/h11-16,20,22,24,27,31,35,41,48-49H,4-10,17,19,21,23,25,45H2,1-3H3,(H,46,53)(H,47,54)/t27-,31-,35+,41+/m1/s1. The number of nitrogens with one attached hydrogen (secondary N) is 2. The summed E-state index contributed by atoms with van der Waals surface area (Å²) in [7, 11) is 0. The molecule has 286 valence electrons. The van der Waals surface area contributed by atoms with E-state index in [0.29, 0.717) is 16.7 Å². The molecular weight excluding hydrogens is 684 g/mol. The largest absolute Gasteiger partial charge is 0.507 e. The van der Waals surface area contributed by atoms with Crippen LogP contribution >= 0.6 is 0 Å². The number of nitrogens with zero attached hydrogens (tertiary/aromatic N) is 1. The first-order valence-corrected chi connectivity index (χ1v) is 18.9. The van der Waals surface area contributed by atoms with Crippen molar-refractivity contribution in [1.29, 1.82) is 5.26 Å². The second-order valence-electron chi connectivity index (χ2n) is 14.4. The fourth-order valence-corrected chi connectivity index (χ4v) is 6.96. The third-order valence-corrected chi connectivity index (χ3v) is 10.1. The van der Waals surface area contributed by atoms with E-state index in [1.54, 1.807) is 19.1 Å². The van der Waals surface area contributed by atoms with E-state index in [4.69, 9.17) is 11.0 Å². The van der Waals surface area contributed by atoms with Gasteiger partial charge in [-0.15, -0.1) is 0 Å². The highest BCUT2D eigenvalue weighted by molar-refractivity contribution is 6.01. The van der Waals surface area contributed by atoms with E-state index in [9.17, 15) is 34.2 Å². The monoisotopic (exact) mass is 736 g/mol. The van der Waals surface area contributed by atoms with Crippen LogP contribution in [0.2, 0.25) is 0 Å². The zero-order valence-electron chi connectivity index (χ0n) is 31.5. The van der Waals surface area contributed by atoms with E-state index in [-0.39, 0.29) is 79.3 Å². The number of hydrogen-bond donors (Lipinski definition) is 5. The summed E-state index contributed by atoms with van der Waals surface area (Å²) in [6, 6.07) is 14.3. The van der Waals surface area contributed by atoms with Gasteiger partial charge in [0.1, 0.15) is 17.5 Å². The molecule has 6 N–H and O–H groups in total. The van der Waals surface area contributed by atoms with Gasteiger partial charge in [0.05, 0.1) is 12.1 Å². The van der Waals surface area contributed by atoms with Crippen molar-refractivity contribution >= 4 is 29.2 Å². The van der Waals surface area contributed by atoms with Crippen molar-refractivity contribution in [3.63, 3.8) is 0 Å². The number of nitrogens with two attached hydrogens (primary N) is 1. The SMILES string of the molecule is CCCCCCc1ccc(C(=O)C[C@@H](CCN)C(=O)N[C@@H]2C(=O)C[C@@H](C)C(=O)N[C@H](C(=O)CCC#N)Cc3ccc(O)c(c3)-c3cc2ccc3O)c(C)c1. The summed E-state index contributed by atoms with van der Waals surface area (Å²) in [5, 5.41) is 36.5. The number of aromatic hydroxyl groups is 2. The number of carbonyl (C=O) groups is 5. The Balaban J connectivity index is 1.66. The van der Waals surface area contributed by atoms with Crippen LogP contribution in [-0.2, 0) is 32.0 Å². The predicted molar refractivity (Wildman–Crippen MR) is 206 cm³/mol. The second-order valence-corrected chi connectivity index (χ2v) is 14.4. The van der Waals surface area contributed by atoms with Gasteiger partial charge in [0.2, 0.25) is 11.8 Å². The Kier molecular flexibility index (Phi) is 15.1. The van der Waals surface area contributed by atoms with Gasteiger partial charge in [-0.2, -0.15) is 5.26 Å². The number of benzene rings is 3. The normalized spacial score (nSPS) is 17.8. The number of amides is 2. The maximum atomic E-state index is 14.1. The maximum absolute atomic E-state index is 14.1. The minimum atomic E-state index is -1.29. The van der Waals surface area contributed by atoms with Crippen molar-refractivity contribution in [1.82, 2.24) is 10.6 Å². The molecule has 0 saturated heterocycles. The molecule has 1 aliphatic heterocycles. The van der Waals surface area contributed by atoms with Crippen LogP contribution in [0.25, 0.3) is 11.1 Å². The highest BCUT2D eigenvalue weighted by atomic mass is 16.3. The lowest BCUT2D eigenvalue weighted by atomic mass is 9.88. The zero-order valence-corrected chi connectivity index (χ0v) is 31.5. The van der Waals surface area contributed by atoms with Crippen LogP contribution in [0.1, 0.15) is 110 Å². The number of unbranched alkanes of at least 4 members (excludes halogenated alkanes) is 3. The molecule has 1 heterocycles. The summed E-state index contributed by atoms with van der Waals surface area (Å²) in [6.07, 6.45) is 5.12. The number of carbonyl (C=O) groups excluding carboxylic acids is 5. The molecule has 11 heteroatoms. The third-order valence-electron chi connectivity index (χ3n) is 10.1. The quantitative estimate of drug-likeness (QED) is 0.0903. The van der Waals surface area contributed by atoms with Crippen LogP contribution < -0.4 is 16.4 Å². The van der Waals surface area contributed by atoms with E-state index in [0.717, 1.165) is 36.8 Å². The van der Waals surface area contributed by atoms with Crippen LogP contribution in [0.15, 0.2) is 54.6 Å². The van der Waals surface area contributed by atoms with E-state index in [1.807, 2.05) is 31.2 Å². The number of phenols is 2. The topological polar surface area (TPSA) is 200 Å². The van der Waals surface area contributed by atoms with Crippen molar-refractivity contribution in [3.8, 4) is 28.7 Å². The number of nitriles is 1. The number of rotatable bonds is 15. The van der Waals surface area contributed by atoms with Crippen LogP contribution in [0.5, 0.6) is 11.5 Å². The fourth-order valence-electron chi connectivity index (χ4n) is 6.96. The Morgan fingerprint density at radius 3 is 2.39 bits per heavy atom. The number of hydrogen-bond acceptors (Lipinski definition) is 9. The van der Waals surface area contributed by atoms with Crippen molar-refractivity contribution in [2.45, 2.75) is 103 Å². The average molecular weight is 737 g/mol. The lowest BCUT2D eigenvalue weighted by Gasteiger charge is -2.25. The Hall–Kier alpha value is -5.34. The van der Waals surface area contributed by atoms with E-state index >= 15 is 0 Å². The van der Waals surface area contributed by atoms with Gasteiger partial charge in [0, 0.05) is 54.2 Å². The van der Waals surface area contributed by atoms with E-state index < -0.39 is 41.5 Å². The van der Waals surface area contributed by atoms with Gasteiger partial charge >= 0.3 is 0 Å². The molecule has 0 aliphatic carbocycles. The summed E-state index contributed by atoms with van der Waals surface area (Å²) in [5.41, 5.74) is 9.66. The lowest BCUT2D eigenvalue weighted by Crippen LogP contribution is -2.45. The van der Waals surface area contributed by atoms with Crippen LogP contribution in [0, 0.1) is 30.1 Å². The molecule has 54 heavy (non-hydrogen) atoms. The zero-order chi connectivity index (χ0) is 39.4. The first kappa shape index (κ1) is 41.4. The van der Waals surface area contributed by atoms with Crippen molar-refractivity contribution < 1.29 is 34.2 Å².